The number of nitrogens with two attached hydrogens (primary N) is 1. The SMILES string of the molecule is Cc1ccc(N(C)CC2COCCC2N)cc1. The van der Waals surface area contributed by atoms with Crippen molar-refractivity contribution < 1.29 is 4.74 Å². The lowest BCUT2D eigenvalue weighted by Gasteiger charge is -2.32. The van der Waals surface area contributed by atoms with Crippen molar-refractivity contribution in [2.75, 3.05) is 31.7 Å². The van der Waals surface area contributed by atoms with Crippen LogP contribution in [0.25, 0.3) is 0 Å². The highest BCUT2D eigenvalue weighted by molar-refractivity contribution is 5.46. The summed E-state index contributed by atoms with van der Waals surface area (Å²) in [5, 5.41) is 0. The molecule has 3 heteroatoms. The quantitative estimate of drug-likeness (QED) is 0.866. The summed E-state index contributed by atoms with van der Waals surface area (Å²) in [6, 6.07) is 8.87. The summed E-state index contributed by atoms with van der Waals surface area (Å²) in [6.07, 6.45) is 0.979. The molecule has 3 nitrogen and oxygen atoms in total. The van der Waals surface area contributed by atoms with Gasteiger partial charge in [0.2, 0.25) is 0 Å². The summed E-state index contributed by atoms with van der Waals surface area (Å²) in [5.74, 6) is 0.440. The van der Waals surface area contributed by atoms with Crippen LogP contribution in [0.4, 0.5) is 5.69 Å². The molecule has 1 saturated heterocycles. The van der Waals surface area contributed by atoms with E-state index in [1.165, 1.54) is 11.3 Å². The highest BCUT2D eigenvalue weighted by Crippen LogP contribution is 2.19. The lowest BCUT2D eigenvalue weighted by Crippen LogP contribution is -2.44. The molecule has 1 fully saturated rings. The van der Waals surface area contributed by atoms with E-state index < -0.39 is 0 Å². The van der Waals surface area contributed by atoms with E-state index in [0.29, 0.717) is 5.92 Å². The molecule has 1 aliphatic heterocycles. The summed E-state index contributed by atoms with van der Waals surface area (Å²) in [7, 11) is 2.12. The Labute approximate surface area is 104 Å². The zero-order chi connectivity index (χ0) is 12.3. The predicted octanol–water partition coefficient (Wildman–Crippen LogP) is 1.80. The lowest BCUT2D eigenvalue weighted by atomic mass is 9.96. The van der Waals surface area contributed by atoms with Gasteiger partial charge in [0, 0.05) is 37.8 Å². The molecule has 0 amide bonds. The van der Waals surface area contributed by atoms with Gasteiger partial charge in [-0.05, 0) is 25.5 Å². The maximum atomic E-state index is 6.12. The Morgan fingerprint density at radius 2 is 2.06 bits per heavy atom. The Balaban J connectivity index is 1.95. The number of hydrogen-bond acceptors (Lipinski definition) is 3. The third-order valence-corrected chi connectivity index (χ3v) is 3.52. The average molecular weight is 234 g/mol. The van der Waals surface area contributed by atoms with Crippen LogP contribution in [0.3, 0.4) is 0 Å². The summed E-state index contributed by atoms with van der Waals surface area (Å²) >= 11 is 0. The van der Waals surface area contributed by atoms with Gasteiger partial charge in [0.25, 0.3) is 0 Å². The molecule has 0 aliphatic carbocycles. The standard InChI is InChI=1S/C14H22N2O/c1-11-3-5-13(6-4-11)16(2)9-12-10-17-8-7-14(12)15/h3-6,12,14H,7-10,15H2,1-2H3. The summed E-state index contributed by atoms with van der Waals surface area (Å²) in [6.45, 7) is 4.67. The number of ether oxygens (including phenoxy) is 1. The fourth-order valence-corrected chi connectivity index (χ4v) is 2.26. The van der Waals surface area contributed by atoms with Crippen LogP contribution in [0.2, 0.25) is 0 Å². The smallest absolute Gasteiger partial charge is 0.0526 e. The second kappa shape index (κ2) is 5.52. The second-order valence-corrected chi connectivity index (χ2v) is 5.00. The van der Waals surface area contributed by atoms with Crippen LogP contribution in [0, 0.1) is 12.8 Å². The number of anilines is 1. The Morgan fingerprint density at radius 3 is 2.71 bits per heavy atom. The maximum Gasteiger partial charge on any atom is 0.0526 e. The van der Waals surface area contributed by atoms with E-state index in [1.54, 1.807) is 0 Å². The Hall–Kier alpha value is -1.06. The molecule has 2 unspecified atom stereocenters. The third kappa shape index (κ3) is 3.20. The van der Waals surface area contributed by atoms with Crippen LogP contribution in [0.1, 0.15) is 12.0 Å². The number of hydrogen-bond donors (Lipinski definition) is 1. The first kappa shape index (κ1) is 12.4. The van der Waals surface area contributed by atoms with Gasteiger partial charge in [-0.25, -0.2) is 0 Å². The van der Waals surface area contributed by atoms with Crippen molar-refractivity contribution in [3.8, 4) is 0 Å². The fraction of sp³-hybridized carbons (Fsp3) is 0.571. The zero-order valence-electron chi connectivity index (χ0n) is 10.7. The van der Waals surface area contributed by atoms with Crippen LogP contribution < -0.4 is 10.6 Å². The van der Waals surface area contributed by atoms with Crippen molar-refractivity contribution >= 4 is 5.69 Å². The van der Waals surface area contributed by atoms with Crippen molar-refractivity contribution in [2.24, 2.45) is 11.7 Å². The number of benzene rings is 1. The van der Waals surface area contributed by atoms with E-state index in [9.17, 15) is 0 Å². The molecule has 0 saturated carbocycles. The predicted molar refractivity (Wildman–Crippen MR) is 71.4 cm³/mol. The van der Waals surface area contributed by atoms with E-state index in [2.05, 4.69) is 43.1 Å². The van der Waals surface area contributed by atoms with E-state index in [1.807, 2.05) is 0 Å². The van der Waals surface area contributed by atoms with E-state index in [0.717, 1.165) is 26.2 Å². The molecule has 1 aliphatic rings. The number of rotatable bonds is 3. The van der Waals surface area contributed by atoms with Crippen molar-refractivity contribution in [3.63, 3.8) is 0 Å². The van der Waals surface area contributed by atoms with Gasteiger partial charge in [0.05, 0.1) is 6.61 Å². The van der Waals surface area contributed by atoms with Gasteiger partial charge >= 0.3 is 0 Å². The van der Waals surface area contributed by atoms with Crippen molar-refractivity contribution in [3.05, 3.63) is 29.8 Å². The first-order valence-electron chi connectivity index (χ1n) is 6.28. The highest BCUT2D eigenvalue weighted by atomic mass is 16.5. The molecule has 0 radical (unpaired) electrons. The highest BCUT2D eigenvalue weighted by Gasteiger charge is 2.23. The molecule has 1 aromatic rings. The molecule has 0 bridgehead atoms. The normalized spacial score (nSPS) is 24.6. The average Bonchev–Trinajstić information content (AvgIpc) is 2.33. The molecule has 2 N–H and O–H groups in total. The van der Waals surface area contributed by atoms with E-state index in [4.69, 9.17) is 10.5 Å². The Morgan fingerprint density at radius 1 is 1.35 bits per heavy atom. The maximum absolute atomic E-state index is 6.12. The molecule has 1 aromatic carbocycles. The minimum atomic E-state index is 0.275. The summed E-state index contributed by atoms with van der Waals surface area (Å²) in [5.41, 5.74) is 8.66. The van der Waals surface area contributed by atoms with Gasteiger partial charge in [-0.15, -0.1) is 0 Å². The van der Waals surface area contributed by atoms with Crippen molar-refractivity contribution in [1.29, 1.82) is 0 Å². The first-order chi connectivity index (χ1) is 8.16. The van der Waals surface area contributed by atoms with E-state index >= 15 is 0 Å². The topological polar surface area (TPSA) is 38.5 Å². The van der Waals surface area contributed by atoms with Gasteiger partial charge in [-0.2, -0.15) is 0 Å². The van der Waals surface area contributed by atoms with Crippen LogP contribution >= 0.6 is 0 Å². The molecule has 2 atom stereocenters. The molecule has 94 valence electrons. The minimum absolute atomic E-state index is 0.275. The molecule has 1 heterocycles. The molecule has 0 spiro atoms. The first-order valence-corrected chi connectivity index (χ1v) is 6.28. The fourth-order valence-electron chi connectivity index (χ4n) is 2.26. The molecular formula is C14H22N2O. The van der Waals surface area contributed by atoms with Gasteiger partial charge < -0.3 is 15.4 Å². The third-order valence-electron chi connectivity index (χ3n) is 3.52. The largest absolute Gasteiger partial charge is 0.381 e. The number of nitrogens with zero attached hydrogens (tertiary/aromatic N) is 1. The molecule has 0 aromatic heterocycles. The van der Waals surface area contributed by atoms with Crippen LogP contribution in [-0.2, 0) is 4.74 Å². The molecule has 17 heavy (non-hydrogen) atoms. The van der Waals surface area contributed by atoms with Crippen LogP contribution in [-0.4, -0.2) is 32.8 Å². The number of aryl methyl sites for hydroxylation is 1. The van der Waals surface area contributed by atoms with Gasteiger partial charge in [0.1, 0.15) is 0 Å². The van der Waals surface area contributed by atoms with Gasteiger partial charge in [-0.1, -0.05) is 17.7 Å². The minimum Gasteiger partial charge on any atom is -0.381 e. The summed E-state index contributed by atoms with van der Waals surface area (Å²) in [4.78, 5) is 2.26. The summed E-state index contributed by atoms with van der Waals surface area (Å²) < 4.78 is 5.50. The van der Waals surface area contributed by atoms with Gasteiger partial charge in [-0.3, -0.25) is 0 Å². The monoisotopic (exact) mass is 234 g/mol. The van der Waals surface area contributed by atoms with Gasteiger partial charge in [0.15, 0.2) is 0 Å². The zero-order valence-corrected chi connectivity index (χ0v) is 10.7. The lowest BCUT2D eigenvalue weighted by molar-refractivity contribution is 0.0450. The van der Waals surface area contributed by atoms with Crippen LogP contribution in [0.15, 0.2) is 24.3 Å². The Kier molecular flexibility index (Phi) is 4.02. The van der Waals surface area contributed by atoms with Crippen molar-refractivity contribution in [2.45, 2.75) is 19.4 Å². The Bertz CT molecular complexity index is 350. The molecular weight excluding hydrogens is 212 g/mol. The van der Waals surface area contributed by atoms with Crippen LogP contribution in [0.5, 0.6) is 0 Å². The van der Waals surface area contributed by atoms with E-state index in [-0.39, 0.29) is 6.04 Å². The second-order valence-electron chi connectivity index (χ2n) is 5.00. The molecule has 2 rings (SSSR count). The van der Waals surface area contributed by atoms with Crippen molar-refractivity contribution in [1.82, 2.24) is 0 Å².